The summed E-state index contributed by atoms with van der Waals surface area (Å²) >= 11 is 0. The summed E-state index contributed by atoms with van der Waals surface area (Å²) in [6.07, 6.45) is 1.32. The van der Waals surface area contributed by atoms with Crippen molar-refractivity contribution in [3.8, 4) is 11.5 Å². The van der Waals surface area contributed by atoms with Crippen LogP contribution in [0.3, 0.4) is 0 Å². The molecule has 1 aliphatic heterocycles. The largest absolute Gasteiger partial charge is 0.490 e. The molecule has 3 aromatic rings. The Morgan fingerprint density at radius 1 is 0.828 bits per heavy atom. The van der Waals surface area contributed by atoms with Crippen LogP contribution < -0.4 is 14.2 Å². The number of sulfonamides is 1. The molecule has 0 radical (unpaired) electrons. The van der Waals surface area contributed by atoms with Crippen molar-refractivity contribution in [3.05, 3.63) is 90.0 Å². The summed E-state index contributed by atoms with van der Waals surface area (Å²) in [7, 11) is -3.76. The SMILES string of the molecule is O=S(=O)(N[C@H](Cc1ccccc1)c1ccccc1)c1ccc2c(c1)OCCCO2. The minimum absolute atomic E-state index is 0.163. The third-order valence-corrected chi connectivity index (χ3v) is 6.28. The van der Waals surface area contributed by atoms with Crippen LogP contribution in [0.25, 0.3) is 0 Å². The molecule has 0 saturated carbocycles. The van der Waals surface area contributed by atoms with Crippen LogP contribution in [0.4, 0.5) is 0 Å². The highest BCUT2D eigenvalue weighted by Gasteiger charge is 2.24. The second-order valence-corrected chi connectivity index (χ2v) is 8.65. The summed E-state index contributed by atoms with van der Waals surface area (Å²) in [5.74, 6) is 1.04. The molecule has 29 heavy (non-hydrogen) atoms. The number of hydrogen-bond acceptors (Lipinski definition) is 4. The Hall–Kier alpha value is -2.83. The summed E-state index contributed by atoms with van der Waals surface area (Å²) in [6.45, 7) is 1.06. The Balaban J connectivity index is 1.63. The van der Waals surface area contributed by atoms with Crippen molar-refractivity contribution in [1.29, 1.82) is 0 Å². The molecule has 0 saturated heterocycles. The zero-order valence-corrected chi connectivity index (χ0v) is 16.8. The molecule has 150 valence electrons. The quantitative estimate of drug-likeness (QED) is 0.665. The van der Waals surface area contributed by atoms with Crippen LogP contribution in [0.15, 0.2) is 83.8 Å². The third-order valence-electron chi connectivity index (χ3n) is 4.81. The van der Waals surface area contributed by atoms with Gasteiger partial charge in [0.25, 0.3) is 0 Å². The fourth-order valence-corrected chi connectivity index (χ4v) is 4.57. The van der Waals surface area contributed by atoms with E-state index in [1.807, 2.05) is 60.7 Å². The van der Waals surface area contributed by atoms with Gasteiger partial charge in [0.15, 0.2) is 11.5 Å². The molecule has 0 aliphatic carbocycles. The lowest BCUT2D eigenvalue weighted by atomic mass is 10.00. The lowest BCUT2D eigenvalue weighted by Crippen LogP contribution is -2.30. The third kappa shape index (κ3) is 4.78. The molecule has 0 aromatic heterocycles. The molecule has 6 heteroatoms. The van der Waals surface area contributed by atoms with Gasteiger partial charge in [-0.3, -0.25) is 0 Å². The molecule has 0 unspecified atom stereocenters. The Kier molecular flexibility index (Phi) is 5.83. The highest BCUT2D eigenvalue weighted by Crippen LogP contribution is 2.32. The maximum Gasteiger partial charge on any atom is 0.241 e. The summed E-state index contributed by atoms with van der Waals surface area (Å²) in [4.78, 5) is 0.163. The average molecular weight is 410 g/mol. The van der Waals surface area contributed by atoms with Crippen molar-refractivity contribution in [2.24, 2.45) is 0 Å². The van der Waals surface area contributed by atoms with E-state index in [0.717, 1.165) is 17.5 Å². The Morgan fingerprint density at radius 3 is 2.21 bits per heavy atom. The molecule has 1 N–H and O–H groups in total. The number of nitrogens with one attached hydrogen (secondary N) is 1. The van der Waals surface area contributed by atoms with Crippen LogP contribution in [0.2, 0.25) is 0 Å². The van der Waals surface area contributed by atoms with Crippen molar-refractivity contribution >= 4 is 10.0 Å². The van der Waals surface area contributed by atoms with E-state index in [9.17, 15) is 8.42 Å². The first-order valence-corrected chi connectivity index (χ1v) is 11.1. The van der Waals surface area contributed by atoms with Gasteiger partial charge in [-0.25, -0.2) is 13.1 Å². The first kappa shape index (κ1) is 19.5. The van der Waals surface area contributed by atoms with E-state index in [1.54, 1.807) is 12.1 Å². The van der Waals surface area contributed by atoms with Crippen molar-refractivity contribution < 1.29 is 17.9 Å². The maximum atomic E-state index is 13.2. The summed E-state index contributed by atoms with van der Waals surface area (Å²) in [5.41, 5.74) is 1.97. The van der Waals surface area contributed by atoms with E-state index < -0.39 is 10.0 Å². The molecule has 0 fully saturated rings. The summed E-state index contributed by atoms with van der Waals surface area (Å²) in [5, 5.41) is 0. The molecule has 5 nitrogen and oxygen atoms in total. The highest BCUT2D eigenvalue weighted by atomic mass is 32.2. The lowest BCUT2D eigenvalue weighted by molar-refractivity contribution is 0.297. The topological polar surface area (TPSA) is 64.6 Å². The monoisotopic (exact) mass is 409 g/mol. The number of hydrogen-bond donors (Lipinski definition) is 1. The van der Waals surface area contributed by atoms with Gasteiger partial charge in [-0.15, -0.1) is 0 Å². The molecule has 4 rings (SSSR count). The molecule has 0 bridgehead atoms. The average Bonchev–Trinajstić information content (AvgIpc) is 2.99. The maximum absolute atomic E-state index is 13.2. The fraction of sp³-hybridized carbons (Fsp3) is 0.217. The van der Waals surface area contributed by atoms with E-state index in [-0.39, 0.29) is 10.9 Å². The van der Waals surface area contributed by atoms with Crippen molar-refractivity contribution in [1.82, 2.24) is 4.72 Å². The molecule has 0 amide bonds. The van der Waals surface area contributed by atoms with E-state index >= 15 is 0 Å². The van der Waals surface area contributed by atoms with Crippen LogP contribution in [-0.2, 0) is 16.4 Å². The van der Waals surface area contributed by atoms with Crippen molar-refractivity contribution in [2.75, 3.05) is 13.2 Å². The number of fused-ring (bicyclic) bond motifs is 1. The Bertz CT molecular complexity index is 1050. The Labute approximate surface area is 171 Å². The van der Waals surface area contributed by atoms with E-state index in [1.165, 1.54) is 6.07 Å². The number of benzene rings is 3. The van der Waals surface area contributed by atoms with Crippen molar-refractivity contribution in [3.63, 3.8) is 0 Å². The predicted octanol–water partition coefficient (Wildman–Crippen LogP) is 4.11. The lowest BCUT2D eigenvalue weighted by Gasteiger charge is -2.20. The molecule has 0 spiro atoms. The Morgan fingerprint density at radius 2 is 1.48 bits per heavy atom. The number of ether oxygens (including phenoxy) is 2. The first-order valence-electron chi connectivity index (χ1n) is 9.63. The second kappa shape index (κ2) is 8.68. The normalized spacial score (nSPS) is 14.8. The van der Waals surface area contributed by atoms with Gasteiger partial charge in [0.2, 0.25) is 10.0 Å². The van der Waals surface area contributed by atoms with Crippen LogP contribution in [-0.4, -0.2) is 21.6 Å². The van der Waals surface area contributed by atoms with Crippen LogP contribution in [0, 0.1) is 0 Å². The summed E-state index contributed by atoms with van der Waals surface area (Å²) < 4.78 is 40.5. The molecular weight excluding hydrogens is 386 g/mol. The molecule has 3 aromatic carbocycles. The zero-order valence-electron chi connectivity index (χ0n) is 16.0. The number of rotatable bonds is 6. The van der Waals surface area contributed by atoms with E-state index in [0.29, 0.717) is 31.1 Å². The minimum atomic E-state index is -3.76. The van der Waals surface area contributed by atoms with Gasteiger partial charge >= 0.3 is 0 Å². The van der Waals surface area contributed by atoms with Gasteiger partial charge in [0.1, 0.15) is 0 Å². The minimum Gasteiger partial charge on any atom is -0.490 e. The van der Waals surface area contributed by atoms with E-state index in [4.69, 9.17) is 9.47 Å². The van der Waals surface area contributed by atoms with Gasteiger partial charge in [-0.2, -0.15) is 0 Å². The van der Waals surface area contributed by atoms with Gasteiger partial charge in [-0.05, 0) is 29.7 Å². The summed E-state index contributed by atoms with van der Waals surface area (Å²) in [6, 6.07) is 23.8. The smallest absolute Gasteiger partial charge is 0.241 e. The van der Waals surface area contributed by atoms with Crippen LogP contribution in [0.1, 0.15) is 23.6 Å². The molecule has 1 aliphatic rings. The highest BCUT2D eigenvalue weighted by molar-refractivity contribution is 7.89. The van der Waals surface area contributed by atoms with Crippen LogP contribution in [0.5, 0.6) is 11.5 Å². The van der Waals surface area contributed by atoms with Gasteiger partial charge in [0, 0.05) is 12.5 Å². The van der Waals surface area contributed by atoms with E-state index in [2.05, 4.69) is 4.72 Å². The molecule has 1 atom stereocenters. The van der Waals surface area contributed by atoms with Crippen molar-refractivity contribution in [2.45, 2.75) is 23.8 Å². The predicted molar refractivity (Wildman–Crippen MR) is 112 cm³/mol. The van der Waals surface area contributed by atoms with Gasteiger partial charge in [-0.1, -0.05) is 60.7 Å². The van der Waals surface area contributed by atoms with Gasteiger partial charge in [0.05, 0.1) is 24.2 Å². The van der Waals surface area contributed by atoms with Crippen LogP contribution >= 0.6 is 0 Å². The zero-order chi connectivity index (χ0) is 20.1. The fourth-order valence-electron chi connectivity index (χ4n) is 3.33. The first-order chi connectivity index (χ1) is 14.1. The molecular formula is C23H23NO4S. The standard InChI is InChI=1S/C23H23NO4S/c25-29(26,20-12-13-22-23(17-20)28-15-7-14-27-22)24-21(19-10-5-2-6-11-19)16-18-8-3-1-4-9-18/h1-6,8-13,17,21,24H,7,14-16H2/t21-/m1/s1. The van der Waals surface area contributed by atoms with Gasteiger partial charge < -0.3 is 9.47 Å². The second-order valence-electron chi connectivity index (χ2n) is 6.93. The molecule has 1 heterocycles.